The van der Waals surface area contributed by atoms with Crippen LogP contribution in [-0.4, -0.2) is 25.9 Å². The molecule has 0 aliphatic heterocycles. The van der Waals surface area contributed by atoms with Crippen molar-refractivity contribution in [3.05, 3.63) is 22.2 Å². The summed E-state index contributed by atoms with van der Waals surface area (Å²) in [5.74, 6) is 1.18. The molecule has 0 aliphatic rings. The van der Waals surface area contributed by atoms with E-state index in [1.54, 1.807) is 26.4 Å². The largest absolute Gasteiger partial charge is 0.493 e. The van der Waals surface area contributed by atoms with Crippen molar-refractivity contribution in [2.75, 3.05) is 20.8 Å². The van der Waals surface area contributed by atoms with Crippen LogP contribution in [-0.2, 0) is 0 Å². The maximum Gasteiger partial charge on any atom is 0.161 e. The van der Waals surface area contributed by atoms with Crippen LogP contribution in [0, 0.1) is 0 Å². The number of nitrogens with two attached hydrogens (primary N) is 1. The number of rotatable bonds is 4. The minimum Gasteiger partial charge on any atom is -0.493 e. The van der Waals surface area contributed by atoms with Crippen LogP contribution in [0.4, 0.5) is 0 Å². The van der Waals surface area contributed by atoms with E-state index in [1.807, 2.05) is 0 Å². The van der Waals surface area contributed by atoms with Crippen molar-refractivity contribution in [3.63, 3.8) is 0 Å². The summed E-state index contributed by atoms with van der Waals surface area (Å²) in [6, 6.07) is 3.45. The van der Waals surface area contributed by atoms with Crippen LogP contribution in [0.1, 0.15) is 11.7 Å². The Morgan fingerprint density at radius 1 is 1.33 bits per heavy atom. The van der Waals surface area contributed by atoms with E-state index in [2.05, 4.69) is 15.9 Å². The van der Waals surface area contributed by atoms with E-state index < -0.39 is 6.10 Å². The fraction of sp³-hybridized carbons (Fsp3) is 0.400. The van der Waals surface area contributed by atoms with Gasteiger partial charge in [-0.3, -0.25) is 0 Å². The lowest BCUT2D eigenvalue weighted by Gasteiger charge is -2.14. The molecule has 1 aromatic rings. The van der Waals surface area contributed by atoms with Crippen molar-refractivity contribution in [1.29, 1.82) is 0 Å². The third-order valence-electron chi connectivity index (χ3n) is 2.09. The molecule has 0 heterocycles. The third kappa shape index (κ3) is 2.62. The van der Waals surface area contributed by atoms with Gasteiger partial charge in [0.25, 0.3) is 0 Å². The summed E-state index contributed by atoms with van der Waals surface area (Å²) in [7, 11) is 3.10. The van der Waals surface area contributed by atoms with Gasteiger partial charge in [-0.2, -0.15) is 0 Å². The van der Waals surface area contributed by atoms with Gasteiger partial charge in [0.1, 0.15) is 0 Å². The van der Waals surface area contributed by atoms with Gasteiger partial charge in [0.2, 0.25) is 0 Å². The Kier molecular flexibility index (Phi) is 4.38. The van der Waals surface area contributed by atoms with Gasteiger partial charge in [-0.05, 0) is 17.7 Å². The number of hydrogen-bond acceptors (Lipinski definition) is 4. The Morgan fingerprint density at radius 3 is 2.33 bits per heavy atom. The molecule has 84 valence electrons. The Balaban J connectivity index is 3.19. The average molecular weight is 276 g/mol. The lowest BCUT2D eigenvalue weighted by molar-refractivity contribution is 0.185. The number of ether oxygens (including phenoxy) is 2. The minimum atomic E-state index is -0.709. The molecule has 0 unspecified atom stereocenters. The van der Waals surface area contributed by atoms with Crippen LogP contribution in [0.3, 0.4) is 0 Å². The zero-order valence-electron chi connectivity index (χ0n) is 8.66. The molecular weight excluding hydrogens is 262 g/mol. The number of aliphatic hydroxyl groups excluding tert-OH is 1. The van der Waals surface area contributed by atoms with Crippen LogP contribution in [0.25, 0.3) is 0 Å². The molecule has 0 saturated heterocycles. The van der Waals surface area contributed by atoms with Crippen molar-refractivity contribution < 1.29 is 14.6 Å². The molecule has 1 atom stereocenters. The van der Waals surface area contributed by atoms with E-state index in [0.29, 0.717) is 17.1 Å². The lowest BCUT2D eigenvalue weighted by atomic mass is 10.1. The Bertz CT molecular complexity index is 344. The molecule has 0 fully saturated rings. The Morgan fingerprint density at radius 2 is 1.87 bits per heavy atom. The van der Waals surface area contributed by atoms with Gasteiger partial charge in [0.05, 0.1) is 20.3 Å². The third-order valence-corrected chi connectivity index (χ3v) is 2.77. The molecule has 0 bridgehead atoms. The number of hydrogen-bond donors (Lipinski definition) is 2. The van der Waals surface area contributed by atoms with Crippen LogP contribution in [0.15, 0.2) is 16.6 Å². The molecule has 0 spiro atoms. The predicted molar refractivity (Wildman–Crippen MR) is 61.3 cm³/mol. The summed E-state index contributed by atoms with van der Waals surface area (Å²) >= 11 is 3.34. The van der Waals surface area contributed by atoms with Gasteiger partial charge in [0.15, 0.2) is 11.5 Å². The number of aliphatic hydroxyl groups is 1. The Hall–Kier alpha value is -0.780. The zero-order chi connectivity index (χ0) is 11.4. The van der Waals surface area contributed by atoms with E-state index in [1.165, 1.54) is 0 Å². The number of halogens is 1. The molecule has 4 nitrogen and oxygen atoms in total. The quantitative estimate of drug-likeness (QED) is 0.873. The number of methoxy groups -OCH3 is 2. The smallest absolute Gasteiger partial charge is 0.161 e. The highest BCUT2D eigenvalue weighted by molar-refractivity contribution is 9.10. The first-order valence-electron chi connectivity index (χ1n) is 4.43. The lowest BCUT2D eigenvalue weighted by Crippen LogP contribution is -2.12. The molecule has 3 N–H and O–H groups in total. The van der Waals surface area contributed by atoms with Gasteiger partial charge < -0.3 is 20.3 Å². The van der Waals surface area contributed by atoms with Crippen molar-refractivity contribution in [1.82, 2.24) is 0 Å². The highest BCUT2D eigenvalue weighted by atomic mass is 79.9. The summed E-state index contributed by atoms with van der Waals surface area (Å²) < 4.78 is 11.0. The molecule has 0 saturated carbocycles. The molecule has 1 aromatic carbocycles. The fourth-order valence-corrected chi connectivity index (χ4v) is 1.84. The average Bonchev–Trinajstić information content (AvgIpc) is 2.27. The van der Waals surface area contributed by atoms with Crippen LogP contribution >= 0.6 is 15.9 Å². The molecular formula is C10H14BrNO3. The Labute approximate surface area is 97.1 Å². The van der Waals surface area contributed by atoms with Gasteiger partial charge in [-0.25, -0.2) is 0 Å². The summed E-state index contributed by atoms with van der Waals surface area (Å²) in [5, 5.41) is 9.64. The summed E-state index contributed by atoms with van der Waals surface area (Å²) in [6.45, 7) is 0.161. The summed E-state index contributed by atoms with van der Waals surface area (Å²) in [5.41, 5.74) is 6.08. The molecule has 0 aromatic heterocycles. The maximum absolute atomic E-state index is 9.64. The van der Waals surface area contributed by atoms with Crippen LogP contribution in [0.5, 0.6) is 11.5 Å². The van der Waals surface area contributed by atoms with Gasteiger partial charge in [-0.15, -0.1) is 0 Å². The topological polar surface area (TPSA) is 64.7 Å². The summed E-state index contributed by atoms with van der Waals surface area (Å²) in [6.07, 6.45) is -0.709. The van der Waals surface area contributed by atoms with Crippen molar-refractivity contribution in [2.45, 2.75) is 6.10 Å². The van der Waals surface area contributed by atoms with Gasteiger partial charge in [0, 0.05) is 11.0 Å². The van der Waals surface area contributed by atoms with E-state index >= 15 is 0 Å². The maximum atomic E-state index is 9.64. The zero-order valence-corrected chi connectivity index (χ0v) is 10.2. The predicted octanol–water partition coefficient (Wildman–Crippen LogP) is 1.46. The molecule has 0 aliphatic carbocycles. The van der Waals surface area contributed by atoms with Crippen molar-refractivity contribution in [2.24, 2.45) is 5.73 Å². The first kappa shape index (κ1) is 12.3. The highest BCUT2D eigenvalue weighted by Gasteiger charge is 2.14. The molecule has 1 rings (SSSR count). The monoisotopic (exact) mass is 275 g/mol. The van der Waals surface area contributed by atoms with Crippen LogP contribution in [0.2, 0.25) is 0 Å². The van der Waals surface area contributed by atoms with E-state index in [9.17, 15) is 5.11 Å². The van der Waals surface area contributed by atoms with E-state index in [-0.39, 0.29) is 6.54 Å². The summed E-state index contributed by atoms with van der Waals surface area (Å²) in [4.78, 5) is 0. The first-order chi connectivity index (χ1) is 7.13. The molecule has 0 amide bonds. The van der Waals surface area contributed by atoms with Crippen LogP contribution < -0.4 is 15.2 Å². The van der Waals surface area contributed by atoms with E-state index in [0.717, 1.165) is 4.47 Å². The molecule has 5 heteroatoms. The molecule has 15 heavy (non-hydrogen) atoms. The standard InChI is InChI=1S/C10H14BrNO3/c1-14-9-3-6(8(13)5-12)7(11)4-10(9)15-2/h3-4,8,13H,5,12H2,1-2H3/t8-/m0/s1. The highest BCUT2D eigenvalue weighted by Crippen LogP contribution is 2.35. The van der Waals surface area contributed by atoms with Crippen molar-refractivity contribution in [3.8, 4) is 11.5 Å². The second-order valence-electron chi connectivity index (χ2n) is 2.98. The van der Waals surface area contributed by atoms with Crippen molar-refractivity contribution >= 4 is 15.9 Å². The second-order valence-corrected chi connectivity index (χ2v) is 3.83. The number of benzene rings is 1. The SMILES string of the molecule is COc1cc(Br)c([C@@H](O)CN)cc1OC. The fourth-order valence-electron chi connectivity index (χ4n) is 1.25. The minimum absolute atomic E-state index is 0.161. The van der Waals surface area contributed by atoms with Gasteiger partial charge in [-0.1, -0.05) is 15.9 Å². The second kappa shape index (κ2) is 5.34. The first-order valence-corrected chi connectivity index (χ1v) is 5.22. The molecule has 0 radical (unpaired) electrons. The van der Waals surface area contributed by atoms with E-state index in [4.69, 9.17) is 15.2 Å². The van der Waals surface area contributed by atoms with Gasteiger partial charge >= 0.3 is 0 Å². The normalized spacial score (nSPS) is 12.3.